The van der Waals surface area contributed by atoms with Crippen molar-refractivity contribution in [3.05, 3.63) is 16.0 Å². The Balaban J connectivity index is 2.25. The Morgan fingerprint density at radius 3 is 2.48 bits per heavy atom. The van der Waals surface area contributed by atoms with Gasteiger partial charge in [-0.1, -0.05) is 20.8 Å². The molecule has 7 heteroatoms. The van der Waals surface area contributed by atoms with Crippen LogP contribution >= 0.6 is 11.3 Å². The molecule has 1 amide bonds. The van der Waals surface area contributed by atoms with Gasteiger partial charge in [0.15, 0.2) is 0 Å². The maximum atomic E-state index is 12.5. The summed E-state index contributed by atoms with van der Waals surface area (Å²) in [6.07, 6.45) is -0.510. The van der Waals surface area contributed by atoms with Crippen LogP contribution in [0.4, 0.5) is 5.00 Å². The topological polar surface area (TPSA) is 81.7 Å². The highest BCUT2D eigenvalue weighted by molar-refractivity contribution is 7.16. The van der Waals surface area contributed by atoms with Gasteiger partial charge in [-0.05, 0) is 19.4 Å². The summed E-state index contributed by atoms with van der Waals surface area (Å²) in [6, 6.07) is 0. The predicted molar refractivity (Wildman–Crippen MR) is 86.7 cm³/mol. The number of esters is 2. The summed E-state index contributed by atoms with van der Waals surface area (Å²) in [4.78, 5) is 37.0. The summed E-state index contributed by atoms with van der Waals surface area (Å²) < 4.78 is 10.0. The fourth-order valence-electron chi connectivity index (χ4n) is 2.02. The molecule has 2 heterocycles. The zero-order valence-corrected chi connectivity index (χ0v) is 14.8. The molecule has 6 nitrogen and oxygen atoms in total. The van der Waals surface area contributed by atoms with Crippen LogP contribution in [0.15, 0.2) is 0 Å². The Morgan fingerprint density at radius 1 is 1.30 bits per heavy atom. The quantitative estimate of drug-likeness (QED) is 0.856. The number of rotatable bonds is 3. The van der Waals surface area contributed by atoms with Crippen molar-refractivity contribution < 1.29 is 23.9 Å². The second-order valence-electron chi connectivity index (χ2n) is 6.54. The summed E-state index contributed by atoms with van der Waals surface area (Å²) in [5.41, 5.74) is 0.475. The van der Waals surface area contributed by atoms with Crippen LogP contribution in [0, 0.1) is 19.3 Å². The van der Waals surface area contributed by atoms with Crippen LogP contribution in [0.25, 0.3) is 0 Å². The van der Waals surface area contributed by atoms with Crippen molar-refractivity contribution in [3.8, 4) is 0 Å². The SMILES string of the molecule is Cc1sc(NC(=O)C(C)(C)C)c(C(=O)OC2CCOC2=O)c1C. The van der Waals surface area contributed by atoms with E-state index in [0.717, 1.165) is 10.4 Å². The largest absolute Gasteiger partial charge is 0.463 e. The molecule has 1 aromatic rings. The number of anilines is 1. The molecule has 1 N–H and O–H groups in total. The fraction of sp³-hybridized carbons (Fsp3) is 0.562. The molecule has 1 atom stereocenters. The number of hydrogen-bond donors (Lipinski definition) is 1. The zero-order valence-electron chi connectivity index (χ0n) is 13.9. The maximum Gasteiger partial charge on any atom is 0.347 e. The lowest BCUT2D eigenvalue weighted by Gasteiger charge is -2.17. The Morgan fingerprint density at radius 2 is 1.96 bits per heavy atom. The highest BCUT2D eigenvalue weighted by Gasteiger charge is 2.33. The number of ether oxygens (including phenoxy) is 2. The molecule has 0 bridgehead atoms. The molecule has 23 heavy (non-hydrogen) atoms. The highest BCUT2D eigenvalue weighted by Crippen LogP contribution is 2.34. The molecule has 1 aromatic heterocycles. The van der Waals surface area contributed by atoms with Gasteiger partial charge < -0.3 is 14.8 Å². The van der Waals surface area contributed by atoms with Gasteiger partial charge in [-0.3, -0.25) is 4.79 Å². The van der Waals surface area contributed by atoms with Crippen LogP contribution in [-0.2, 0) is 19.1 Å². The van der Waals surface area contributed by atoms with E-state index in [1.807, 2.05) is 6.92 Å². The number of aryl methyl sites for hydroxylation is 1. The minimum absolute atomic E-state index is 0.187. The molecule has 1 unspecified atom stereocenters. The Kier molecular flexibility index (Phi) is 4.79. The van der Waals surface area contributed by atoms with Crippen molar-refractivity contribution in [1.82, 2.24) is 0 Å². The van der Waals surface area contributed by atoms with Crippen LogP contribution in [0.5, 0.6) is 0 Å². The third-order valence-electron chi connectivity index (χ3n) is 3.63. The van der Waals surface area contributed by atoms with Gasteiger partial charge in [-0.15, -0.1) is 11.3 Å². The van der Waals surface area contributed by atoms with E-state index in [1.54, 1.807) is 27.7 Å². The first kappa shape index (κ1) is 17.5. The lowest BCUT2D eigenvalue weighted by Crippen LogP contribution is -2.28. The molecule has 1 aliphatic heterocycles. The first-order valence-electron chi connectivity index (χ1n) is 7.40. The highest BCUT2D eigenvalue weighted by atomic mass is 32.1. The fourth-order valence-corrected chi connectivity index (χ4v) is 3.07. The normalized spacial score (nSPS) is 17.8. The van der Waals surface area contributed by atoms with Crippen molar-refractivity contribution in [1.29, 1.82) is 0 Å². The monoisotopic (exact) mass is 339 g/mol. The minimum Gasteiger partial charge on any atom is -0.463 e. The van der Waals surface area contributed by atoms with E-state index in [9.17, 15) is 14.4 Å². The summed E-state index contributed by atoms with van der Waals surface area (Å²) in [6.45, 7) is 9.30. The van der Waals surface area contributed by atoms with E-state index in [0.29, 0.717) is 17.0 Å². The summed E-state index contributed by atoms with van der Waals surface area (Å²) in [5.74, 6) is -1.32. The molecule has 0 aliphatic carbocycles. The number of carbonyl (C=O) groups is 3. The van der Waals surface area contributed by atoms with Crippen LogP contribution in [0.1, 0.15) is 48.0 Å². The minimum atomic E-state index is -0.867. The Labute approximate surface area is 139 Å². The summed E-state index contributed by atoms with van der Waals surface area (Å²) in [5, 5.41) is 3.25. The Hall–Kier alpha value is -1.89. The molecule has 1 fully saturated rings. The van der Waals surface area contributed by atoms with Gasteiger partial charge in [-0.25, -0.2) is 9.59 Å². The van der Waals surface area contributed by atoms with E-state index in [2.05, 4.69) is 5.32 Å². The number of amides is 1. The standard InChI is InChI=1S/C16H21NO5S/c1-8-9(2)23-12(17-15(20)16(3,4)5)11(8)14(19)22-10-6-7-21-13(10)18/h10H,6-7H2,1-5H3,(H,17,20). The van der Waals surface area contributed by atoms with E-state index in [4.69, 9.17) is 9.47 Å². The zero-order chi connectivity index (χ0) is 17.4. The van der Waals surface area contributed by atoms with Crippen molar-refractivity contribution in [2.24, 2.45) is 5.41 Å². The molecule has 0 saturated carbocycles. The molecule has 0 aromatic carbocycles. The smallest absolute Gasteiger partial charge is 0.347 e. The predicted octanol–water partition coefficient (Wildman–Crippen LogP) is 2.82. The molecule has 126 valence electrons. The van der Waals surface area contributed by atoms with Crippen LogP contribution in [0.2, 0.25) is 0 Å². The van der Waals surface area contributed by atoms with Gasteiger partial charge in [0.2, 0.25) is 12.0 Å². The number of carbonyl (C=O) groups excluding carboxylic acids is 3. The molecular formula is C16H21NO5S. The molecule has 0 radical (unpaired) electrons. The molecular weight excluding hydrogens is 318 g/mol. The third kappa shape index (κ3) is 3.72. The summed E-state index contributed by atoms with van der Waals surface area (Å²) in [7, 11) is 0. The van der Waals surface area contributed by atoms with Gasteiger partial charge >= 0.3 is 11.9 Å². The first-order valence-corrected chi connectivity index (χ1v) is 8.22. The molecule has 2 rings (SSSR count). The third-order valence-corrected chi connectivity index (χ3v) is 4.76. The van der Waals surface area contributed by atoms with Crippen molar-refractivity contribution in [2.45, 2.75) is 47.1 Å². The Bertz CT molecular complexity index is 656. The molecule has 1 aliphatic rings. The van der Waals surface area contributed by atoms with Gasteiger partial charge in [0.05, 0.1) is 12.2 Å². The number of thiophene rings is 1. The summed E-state index contributed by atoms with van der Waals surface area (Å²) >= 11 is 1.32. The van der Waals surface area contributed by atoms with Crippen LogP contribution in [0.3, 0.4) is 0 Å². The lowest BCUT2D eigenvalue weighted by atomic mass is 9.96. The van der Waals surface area contributed by atoms with Crippen molar-refractivity contribution >= 4 is 34.2 Å². The number of nitrogens with one attached hydrogen (secondary N) is 1. The second-order valence-corrected chi connectivity index (χ2v) is 7.77. The second kappa shape index (κ2) is 6.31. The lowest BCUT2D eigenvalue weighted by molar-refractivity contribution is -0.145. The average Bonchev–Trinajstić information content (AvgIpc) is 2.94. The van der Waals surface area contributed by atoms with Crippen molar-refractivity contribution in [3.63, 3.8) is 0 Å². The van der Waals surface area contributed by atoms with E-state index < -0.39 is 23.5 Å². The van der Waals surface area contributed by atoms with Crippen LogP contribution in [-0.4, -0.2) is 30.6 Å². The number of cyclic esters (lactones) is 1. The van der Waals surface area contributed by atoms with E-state index in [-0.39, 0.29) is 12.5 Å². The molecule has 0 spiro atoms. The van der Waals surface area contributed by atoms with Crippen LogP contribution < -0.4 is 5.32 Å². The maximum absolute atomic E-state index is 12.5. The van der Waals surface area contributed by atoms with Gasteiger partial charge in [-0.2, -0.15) is 0 Å². The van der Waals surface area contributed by atoms with Crippen molar-refractivity contribution in [2.75, 3.05) is 11.9 Å². The van der Waals surface area contributed by atoms with Gasteiger partial charge in [0, 0.05) is 16.7 Å². The number of hydrogen-bond acceptors (Lipinski definition) is 6. The molecule has 1 saturated heterocycles. The van der Waals surface area contributed by atoms with E-state index >= 15 is 0 Å². The van der Waals surface area contributed by atoms with E-state index in [1.165, 1.54) is 11.3 Å². The first-order chi connectivity index (χ1) is 10.6. The van der Waals surface area contributed by atoms with Gasteiger partial charge in [0.25, 0.3) is 0 Å². The van der Waals surface area contributed by atoms with Gasteiger partial charge in [0.1, 0.15) is 5.00 Å². The average molecular weight is 339 g/mol.